The van der Waals surface area contributed by atoms with E-state index >= 15 is 0 Å². The molecule has 0 aliphatic heterocycles. The van der Waals surface area contributed by atoms with E-state index in [0.29, 0.717) is 6.42 Å². The summed E-state index contributed by atoms with van der Waals surface area (Å²) in [7, 11) is 0. The number of aliphatic carboxylic acids is 1. The molecule has 0 saturated carbocycles. The minimum absolute atomic E-state index is 0.0168. The zero-order valence-electron chi connectivity index (χ0n) is 10.4. The van der Waals surface area contributed by atoms with Crippen LogP contribution >= 0.6 is 27.3 Å². The first-order valence-corrected chi connectivity index (χ1v) is 7.90. The maximum Gasteiger partial charge on any atom is 0.303 e. The Balaban J connectivity index is 2.03. The summed E-state index contributed by atoms with van der Waals surface area (Å²) in [5.41, 5.74) is 7.38. The van der Waals surface area contributed by atoms with Crippen LogP contribution in [0, 0.1) is 0 Å². The smallest absolute Gasteiger partial charge is 0.303 e. The van der Waals surface area contributed by atoms with Gasteiger partial charge in [-0.3, -0.25) is 4.79 Å². The van der Waals surface area contributed by atoms with Gasteiger partial charge in [-0.05, 0) is 51.2 Å². The number of hydrogen-bond acceptors (Lipinski definition) is 3. The lowest BCUT2D eigenvalue weighted by Gasteiger charge is -2.10. The first kappa shape index (κ1) is 14.5. The van der Waals surface area contributed by atoms with Crippen LogP contribution in [0.2, 0.25) is 0 Å². The van der Waals surface area contributed by atoms with Crippen molar-refractivity contribution in [2.45, 2.75) is 31.7 Å². The molecule has 102 valence electrons. The Hall–Kier alpha value is -0.910. The number of nitrogens with two attached hydrogens (primary N) is 1. The van der Waals surface area contributed by atoms with E-state index < -0.39 is 5.97 Å². The molecule has 1 atom stereocenters. The quantitative estimate of drug-likeness (QED) is 0.769. The summed E-state index contributed by atoms with van der Waals surface area (Å²) in [4.78, 5) is 10.5. The van der Waals surface area contributed by atoms with Crippen molar-refractivity contribution < 1.29 is 9.90 Å². The normalized spacial score (nSPS) is 12.7. The van der Waals surface area contributed by atoms with E-state index in [0.717, 1.165) is 22.9 Å². The number of hydrogen-bond donors (Lipinski definition) is 2. The zero-order chi connectivity index (χ0) is 13.8. The number of unbranched alkanes of at least 4 members (excludes halogenated alkanes) is 1. The standard InChI is InChI=1S/C14H16BrNO2S/c15-11-5-3-4-9-10(8-19-14(9)11)12(16)6-1-2-7-13(17)18/h3-5,8,12H,1-2,6-7,16H2,(H,17,18). The van der Waals surface area contributed by atoms with E-state index in [2.05, 4.69) is 27.4 Å². The van der Waals surface area contributed by atoms with Crippen molar-refractivity contribution in [2.24, 2.45) is 5.73 Å². The van der Waals surface area contributed by atoms with Gasteiger partial charge in [0.2, 0.25) is 0 Å². The molecule has 3 nitrogen and oxygen atoms in total. The number of fused-ring (bicyclic) bond motifs is 1. The van der Waals surface area contributed by atoms with Gasteiger partial charge in [-0.25, -0.2) is 0 Å². The molecule has 0 bridgehead atoms. The molecular weight excluding hydrogens is 326 g/mol. The highest BCUT2D eigenvalue weighted by molar-refractivity contribution is 9.10. The van der Waals surface area contributed by atoms with Gasteiger partial charge in [0.25, 0.3) is 0 Å². The maximum atomic E-state index is 10.5. The van der Waals surface area contributed by atoms with Crippen molar-refractivity contribution in [3.63, 3.8) is 0 Å². The average Bonchev–Trinajstić information content (AvgIpc) is 2.79. The van der Waals surface area contributed by atoms with Crippen LogP contribution in [-0.4, -0.2) is 11.1 Å². The molecular formula is C14H16BrNO2S. The topological polar surface area (TPSA) is 63.3 Å². The van der Waals surface area contributed by atoms with Crippen LogP contribution < -0.4 is 5.73 Å². The van der Waals surface area contributed by atoms with E-state index in [1.54, 1.807) is 11.3 Å². The van der Waals surface area contributed by atoms with Crippen molar-refractivity contribution in [3.05, 3.63) is 33.6 Å². The van der Waals surface area contributed by atoms with E-state index in [1.165, 1.54) is 10.1 Å². The average molecular weight is 342 g/mol. The molecule has 2 aromatic rings. The lowest BCUT2D eigenvalue weighted by atomic mass is 10.0. The zero-order valence-corrected chi connectivity index (χ0v) is 12.8. The van der Waals surface area contributed by atoms with E-state index in [1.807, 2.05) is 12.1 Å². The third-order valence-corrected chi connectivity index (χ3v) is 5.11. The van der Waals surface area contributed by atoms with Crippen molar-refractivity contribution in [1.82, 2.24) is 0 Å². The van der Waals surface area contributed by atoms with Gasteiger partial charge in [-0.15, -0.1) is 11.3 Å². The molecule has 5 heteroatoms. The summed E-state index contributed by atoms with van der Waals surface area (Å²) < 4.78 is 2.32. The van der Waals surface area contributed by atoms with Crippen molar-refractivity contribution in [1.29, 1.82) is 0 Å². The van der Waals surface area contributed by atoms with Crippen molar-refractivity contribution >= 4 is 43.3 Å². The molecule has 0 fully saturated rings. The fourth-order valence-electron chi connectivity index (χ4n) is 2.12. The number of rotatable bonds is 6. The number of halogens is 1. The summed E-state index contributed by atoms with van der Waals surface area (Å²) in [6.07, 6.45) is 2.59. The molecule has 0 spiro atoms. The first-order valence-electron chi connectivity index (χ1n) is 6.22. The van der Waals surface area contributed by atoms with Crippen LogP contribution in [0.1, 0.15) is 37.3 Å². The molecule has 0 saturated heterocycles. The minimum Gasteiger partial charge on any atom is -0.481 e. The summed E-state index contributed by atoms with van der Waals surface area (Å²) in [6.45, 7) is 0. The molecule has 1 unspecified atom stereocenters. The molecule has 0 radical (unpaired) electrons. The third-order valence-electron chi connectivity index (χ3n) is 3.14. The summed E-state index contributed by atoms with van der Waals surface area (Å²) in [5.74, 6) is -0.738. The second kappa shape index (κ2) is 6.50. The van der Waals surface area contributed by atoms with Gasteiger partial charge < -0.3 is 10.8 Å². The Labute approximate surface area is 124 Å². The van der Waals surface area contributed by atoms with Gasteiger partial charge in [-0.2, -0.15) is 0 Å². The largest absolute Gasteiger partial charge is 0.481 e. The van der Waals surface area contributed by atoms with Gasteiger partial charge >= 0.3 is 5.97 Å². The first-order chi connectivity index (χ1) is 9.09. The van der Waals surface area contributed by atoms with Crippen LogP contribution in [0.3, 0.4) is 0 Å². The monoisotopic (exact) mass is 341 g/mol. The molecule has 1 aromatic heterocycles. The van der Waals surface area contributed by atoms with Crippen LogP contribution in [0.15, 0.2) is 28.1 Å². The van der Waals surface area contributed by atoms with Gasteiger partial charge in [0.1, 0.15) is 0 Å². The number of carbonyl (C=O) groups is 1. The Morgan fingerprint density at radius 2 is 2.21 bits per heavy atom. The van der Waals surface area contributed by atoms with Gasteiger partial charge in [-0.1, -0.05) is 18.6 Å². The lowest BCUT2D eigenvalue weighted by Crippen LogP contribution is -2.09. The maximum absolute atomic E-state index is 10.5. The number of benzene rings is 1. The molecule has 0 amide bonds. The molecule has 1 heterocycles. The Bertz CT molecular complexity index is 582. The molecule has 2 rings (SSSR count). The summed E-state index contributed by atoms with van der Waals surface area (Å²) >= 11 is 5.24. The van der Waals surface area contributed by atoms with Crippen molar-refractivity contribution in [3.8, 4) is 0 Å². The minimum atomic E-state index is -0.738. The highest BCUT2D eigenvalue weighted by atomic mass is 79.9. The molecule has 19 heavy (non-hydrogen) atoms. The Morgan fingerprint density at radius 1 is 1.42 bits per heavy atom. The summed E-state index contributed by atoms with van der Waals surface area (Å²) in [6, 6.07) is 6.11. The molecule has 0 aliphatic rings. The Kier molecular flexibility index (Phi) is 4.96. The predicted molar refractivity (Wildman–Crippen MR) is 82.6 cm³/mol. The fraction of sp³-hybridized carbons (Fsp3) is 0.357. The van der Waals surface area contributed by atoms with Crippen LogP contribution in [0.25, 0.3) is 10.1 Å². The highest BCUT2D eigenvalue weighted by Crippen LogP contribution is 2.35. The highest BCUT2D eigenvalue weighted by Gasteiger charge is 2.13. The SMILES string of the molecule is NC(CCCCC(=O)O)c1csc2c(Br)cccc12. The Morgan fingerprint density at radius 3 is 2.95 bits per heavy atom. The second-order valence-electron chi connectivity index (χ2n) is 4.55. The molecule has 1 aromatic carbocycles. The van der Waals surface area contributed by atoms with Crippen LogP contribution in [-0.2, 0) is 4.79 Å². The molecule has 0 aliphatic carbocycles. The number of carboxylic acid groups (broad SMARTS) is 1. The molecule has 3 N–H and O–H groups in total. The van der Waals surface area contributed by atoms with E-state index in [-0.39, 0.29) is 12.5 Å². The predicted octanol–water partition coefficient (Wildman–Crippen LogP) is 4.31. The number of thiophene rings is 1. The van der Waals surface area contributed by atoms with Crippen LogP contribution in [0.5, 0.6) is 0 Å². The van der Waals surface area contributed by atoms with Gasteiger partial charge in [0.15, 0.2) is 0 Å². The number of carboxylic acids is 1. The lowest BCUT2D eigenvalue weighted by molar-refractivity contribution is -0.137. The van der Waals surface area contributed by atoms with E-state index in [9.17, 15) is 4.79 Å². The third kappa shape index (κ3) is 3.55. The fourth-order valence-corrected chi connectivity index (χ4v) is 3.81. The second-order valence-corrected chi connectivity index (χ2v) is 6.29. The van der Waals surface area contributed by atoms with E-state index in [4.69, 9.17) is 10.8 Å². The van der Waals surface area contributed by atoms with Crippen LogP contribution in [0.4, 0.5) is 0 Å². The summed E-state index contributed by atoms with van der Waals surface area (Å²) in [5, 5.41) is 11.9. The van der Waals surface area contributed by atoms with Crippen molar-refractivity contribution in [2.75, 3.05) is 0 Å². The van der Waals surface area contributed by atoms with Gasteiger partial charge in [0.05, 0.1) is 0 Å². The van der Waals surface area contributed by atoms with Gasteiger partial charge in [0, 0.05) is 21.6 Å².